The molecule has 2 heterocycles. The van der Waals surface area contributed by atoms with Crippen LogP contribution in [0.1, 0.15) is 29.5 Å². The van der Waals surface area contributed by atoms with Crippen LogP contribution in [0, 0.1) is 5.92 Å². The van der Waals surface area contributed by atoms with E-state index in [1.165, 1.54) is 6.26 Å². The number of nitrogens with one attached hydrogen (secondary N) is 2. The molecule has 1 aliphatic rings. The molecule has 1 aliphatic heterocycles. The van der Waals surface area contributed by atoms with Gasteiger partial charge in [0, 0.05) is 11.6 Å². The van der Waals surface area contributed by atoms with Gasteiger partial charge in [0.15, 0.2) is 15.6 Å². The van der Waals surface area contributed by atoms with Crippen LogP contribution in [-0.2, 0) is 15.6 Å². The molecule has 2 unspecified atom stereocenters. The van der Waals surface area contributed by atoms with Crippen molar-refractivity contribution in [1.29, 1.82) is 0 Å². The molecule has 0 aliphatic carbocycles. The lowest BCUT2D eigenvalue weighted by molar-refractivity contribution is 0.0885. The van der Waals surface area contributed by atoms with E-state index in [1.54, 1.807) is 36.4 Å². The molecule has 1 amide bonds. The highest BCUT2D eigenvalue weighted by Gasteiger charge is 2.27. The molecule has 1 aromatic carbocycles. The molecule has 6 nitrogen and oxygen atoms in total. The average molecular weight is 362 g/mol. The maximum Gasteiger partial charge on any atom is 0.287 e. The van der Waals surface area contributed by atoms with Gasteiger partial charge in [-0.2, -0.15) is 0 Å². The summed E-state index contributed by atoms with van der Waals surface area (Å²) in [5.41, 5.74) is 0.378. The van der Waals surface area contributed by atoms with Gasteiger partial charge in [0.1, 0.15) is 0 Å². The molecular weight excluding hydrogens is 340 g/mol. The van der Waals surface area contributed by atoms with Gasteiger partial charge >= 0.3 is 0 Å². The smallest absolute Gasteiger partial charge is 0.287 e. The van der Waals surface area contributed by atoms with Gasteiger partial charge < -0.3 is 15.1 Å². The van der Waals surface area contributed by atoms with Crippen LogP contribution in [-0.4, -0.2) is 33.5 Å². The van der Waals surface area contributed by atoms with Crippen LogP contribution >= 0.6 is 0 Å². The third-order valence-electron chi connectivity index (χ3n) is 4.50. The van der Waals surface area contributed by atoms with Crippen molar-refractivity contribution < 1.29 is 17.6 Å². The molecular formula is C18H22N2O4S. The molecule has 0 radical (unpaired) electrons. The number of hydrogen-bond acceptors (Lipinski definition) is 5. The van der Waals surface area contributed by atoms with Crippen LogP contribution in [0.25, 0.3) is 0 Å². The number of carbonyl (C=O) groups is 1. The summed E-state index contributed by atoms with van der Waals surface area (Å²) in [6, 6.07) is 9.80. The van der Waals surface area contributed by atoms with E-state index >= 15 is 0 Å². The molecule has 7 heteroatoms. The first-order valence-corrected chi connectivity index (χ1v) is 9.98. The van der Waals surface area contributed by atoms with E-state index in [0.717, 1.165) is 19.5 Å². The number of rotatable bonds is 5. The Bertz CT molecular complexity index is 830. The van der Waals surface area contributed by atoms with E-state index in [-0.39, 0.29) is 28.4 Å². The van der Waals surface area contributed by atoms with Crippen molar-refractivity contribution in [3.63, 3.8) is 0 Å². The van der Waals surface area contributed by atoms with Gasteiger partial charge in [-0.05, 0) is 43.6 Å². The monoisotopic (exact) mass is 362 g/mol. The molecule has 134 valence electrons. The van der Waals surface area contributed by atoms with Crippen LogP contribution in [0.3, 0.4) is 0 Å². The Balaban J connectivity index is 1.75. The zero-order valence-electron chi connectivity index (χ0n) is 14.1. The first-order chi connectivity index (χ1) is 12.0. The highest BCUT2D eigenvalue weighted by atomic mass is 32.2. The van der Waals surface area contributed by atoms with E-state index in [9.17, 15) is 13.2 Å². The second-order valence-electron chi connectivity index (χ2n) is 6.40. The minimum absolute atomic E-state index is 0.0532. The van der Waals surface area contributed by atoms with Crippen LogP contribution in [0.2, 0.25) is 0 Å². The molecule has 1 fully saturated rings. The fourth-order valence-corrected chi connectivity index (χ4v) is 4.40. The number of piperidine rings is 1. The summed E-state index contributed by atoms with van der Waals surface area (Å²) >= 11 is 0. The summed E-state index contributed by atoms with van der Waals surface area (Å²) in [7, 11) is -3.53. The normalized spacial score (nSPS) is 21.0. The highest BCUT2D eigenvalue weighted by Crippen LogP contribution is 2.20. The summed E-state index contributed by atoms with van der Waals surface area (Å²) in [5, 5.41) is 6.25. The van der Waals surface area contributed by atoms with Crippen LogP contribution < -0.4 is 10.6 Å². The molecule has 1 saturated heterocycles. The van der Waals surface area contributed by atoms with Gasteiger partial charge in [-0.25, -0.2) is 8.42 Å². The standard InChI is InChI=1S/C18H22N2O4S/c1-13-11-19-9-7-16(13)20-18(21)17-14(8-10-24-17)12-25(22,23)15-5-3-2-4-6-15/h2-6,8,10,13,16,19H,7,9,11-12H2,1H3,(H,20,21). The highest BCUT2D eigenvalue weighted by molar-refractivity contribution is 7.90. The summed E-state index contributed by atoms with van der Waals surface area (Å²) in [6.07, 6.45) is 2.20. The van der Waals surface area contributed by atoms with Crippen LogP contribution in [0.15, 0.2) is 52.0 Å². The Hall–Kier alpha value is -2.12. The second-order valence-corrected chi connectivity index (χ2v) is 8.39. The van der Waals surface area contributed by atoms with E-state index in [2.05, 4.69) is 17.6 Å². The Labute approximate surface area is 147 Å². The first-order valence-electron chi connectivity index (χ1n) is 8.33. The summed E-state index contributed by atoms with van der Waals surface area (Å²) < 4.78 is 30.4. The van der Waals surface area contributed by atoms with E-state index < -0.39 is 9.84 Å². The van der Waals surface area contributed by atoms with Gasteiger partial charge in [-0.3, -0.25) is 4.79 Å². The fourth-order valence-electron chi connectivity index (χ4n) is 3.03. The number of furan rings is 1. The number of sulfone groups is 1. The predicted molar refractivity (Wildman–Crippen MR) is 93.9 cm³/mol. The van der Waals surface area contributed by atoms with Crippen LogP contribution in [0.5, 0.6) is 0 Å². The minimum Gasteiger partial charge on any atom is -0.459 e. The van der Waals surface area contributed by atoms with Crippen molar-refractivity contribution in [3.05, 3.63) is 54.0 Å². The lowest BCUT2D eigenvalue weighted by atomic mass is 9.95. The minimum atomic E-state index is -3.53. The summed E-state index contributed by atoms with van der Waals surface area (Å²) in [5.74, 6) is -0.241. The number of amides is 1. The average Bonchev–Trinajstić information content (AvgIpc) is 3.05. The molecule has 0 saturated carbocycles. The zero-order chi connectivity index (χ0) is 17.9. The largest absolute Gasteiger partial charge is 0.459 e. The summed E-state index contributed by atoms with van der Waals surface area (Å²) in [6.45, 7) is 3.76. The molecule has 1 aromatic heterocycles. The maximum atomic E-state index is 12.5. The van der Waals surface area contributed by atoms with Gasteiger partial charge in [-0.15, -0.1) is 0 Å². The Morgan fingerprint density at radius 1 is 1.28 bits per heavy atom. The number of benzene rings is 1. The predicted octanol–water partition coefficient (Wildman–Crippen LogP) is 1.98. The van der Waals surface area contributed by atoms with Gasteiger partial charge in [-0.1, -0.05) is 25.1 Å². The molecule has 0 bridgehead atoms. The topological polar surface area (TPSA) is 88.4 Å². The quantitative estimate of drug-likeness (QED) is 0.849. The first kappa shape index (κ1) is 17.7. The van der Waals surface area contributed by atoms with Crippen molar-refractivity contribution in [1.82, 2.24) is 10.6 Å². The Morgan fingerprint density at radius 3 is 2.76 bits per heavy atom. The zero-order valence-corrected chi connectivity index (χ0v) is 14.9. The van der Waals surface area contributed by atoms with Gasteiger partial charge in [0.05, 0.1) is 16.9 Å². The Morgan fingerprint density at radius 2 is 2.04 bits per heavy atom. The van der Waals surface area contributed by atoms with E-state index in [0.29, 0.717) is 11.5 Å². The van der Waals surface area contributed by atoms with E-state index in [1.807, 2.05) is 0 Å². The molecule has 3 rings (SSSR count). The lowest BCUT2D eigenvalue weighted by Gasteiger charge is -2.30. The molecule has 25 heavy (non-hydrogen) atoms. The van der Waals surface area contributed by atoms with Crippen molar-refractivity contribution in [2.45, 2.75) is 30.0 Å². The van der Waals surface area contributed by atoms with E-state index in [4.69, 9.17) is 4.42 Å². The third-order valence-corrected chi connectivity index (χ3v) is 6.18. The molecule has 2 atom stereocenters. The molecule has 2 N–H and O–H groups in total. The lowest BCUT2D eigenvalue weighted by Crippen LogP contribution is -2.48. The number of hydrogen-bond donors (Lipinski definition) is 2. The fraction of sp³-hybridized carbons (Fsp3) is 0.389. The SMILES string of the molecule is CC1CNCCC1NC(=O)c1occc1CS(=O)(=O)c1ccccc1. The van der Waals surface area contributed by atoms with Gasteiger partial charge in [0.25, 0.3) is 5.91 Å². The van der Waals surface area contributed by atoms with Gasteiger partial charge in [0.2, 0.25) is 0 Å². The molecule has 2 aromatic rings. The van der Waals surface area contributed by atoms with Crippen molar-refractivity contribution in [2.75, 3.05) is 13.1 Å². The van der Waals surface area contributed by atoms with Crippen molar-refractivity contribution in [3.8, 4) is 0 Å². The Kier molecular flexibility index (Phi) is 5.24. The van der Waals surface area contributed by atoms with Crippen molar-refractivity contribution >= 4 is 15.7 Å². The maximum absolute atomic E-state index is 12.5. The number of carbonyl (C=O) groups excluding carboxylic acids is 1. The molecule has 0 spiro atoms. The third kappa shape index (κ3) is 4.11. The second kappa shape index (κ2) is 7.41. The van der Waals surface area contributed by atoms with Crippen molar-refractivity contribution in [2.24, 2.45) is 5.92 Å². The summed E-state index contributed by atoms with van der Waals surface area (Å²) in [4.78, 5) is 12.8. The van der Waals surface area contributed by atoms with Crippen LogP contribution in [0.4, 0.5) is 0 Å².